The van der Waals surface area contributed by atoms with Gasteiger partial charge in [0.2, 0.25) is 17.7 Å². The first-order valence-corrected chi connectivity index (χ1v) is 10.9. The SMILES string of the molecule is CSCCC(N)C(=O)NC(CS)C(=O)NC(CO)C(=O)NC(CCC(=O)O)C(=O)O. The van der Waals surface area contributed by atoms with Gasteiger partial charge in [0.1, 0.15) is 18.1 Å². The summed E-state index contributed by atoms with van der Waals surface area (Å²) in [4.78, 5) is 58.4. The fourth-order valence-corrected chi connectivity index (χ4v) is 2.86. The zero-order valence-electron chi connectivity index (χ0n) is 16.4. The number of carboxylic acids is 2. The summed E-state index contributed by atoms with van der Waals surface area (Å²) in [5.74, 6) is -4.62. The Morgan fingerprint density at radius 2 is 1.47 bits per heavy atom. The second-order valence-electron chi connectivity index (χ2n) is 6.21. The van der Waals surface area contributed by atoms with Crippen LogP contribution in [0.25, 0.3) is 0 Å². The molecule has 0 spiro atoms. The van der Waals surface area contributed by atoms with Gasteiger partial charge in [-0.25, -0.2) is 4.79 Å². The number of carbonyl (C=O) groups excluding carboxylic acids is 3. The normalized spacial score (nSPS) is 14.7. The molecule has 4 unspecified atom stereocenters. The van der Waals surface area contributed by atoms with E-state index < -0.39 is 66.9 Å². The Hall–Kier alpha value is -2.03. The zero-order valence-corrected chi connectivity index (χ0v) is 18.1. The van der Waals surface area contributed by atoms with E-state index in [0.717, 1.165) is 0 Å². The van der Waals surface area contributed by atoms with Crippen LogP contribution >= 0.6 is 24.4 Å². The highest BCUT2D eigenvalue weighted by molar-refractivity contribution is 7.98. The molecule has 0 saturated carbocycles. The minimum absolute atomic E-state index is 0.122. The minimum Gasteiger partial charge on any atom is -0.481 e. The average molecular weight is 469 g/mol. The largest absolute Gasteiger partial charge is 0.481 e. The summed E-state index contributed by atoms with van der Waals surface area (Å²) >= 11 is 5.49. The summed E-state index contributed by atoms with van der Waals surface area (Å²) in [5, 5.41) is 33.8. The number of nitrogens with two attached hydrogens (primary N) is 1. The minimum atomic E-state index is -1.52. The quantitative estimate of drug-likeness (QED) is 0.117. The highest BCUT2D eigenvalue weighted by Crippen LogP contribution is 2.01. The third-order valence-electron chi connectivity index (χ3n) is 3.86. The number of aliphatic carboxylic acids is 2. The highest BCUT2D eigenvalue weighted by Gasteiger charge is 2.29. The molecule has 0 bridgehead atoms. The molecule has 0 radical (unpaired) electrons. The molecule has 0 aliphatic heterocycles. The first-order chi connectivity index (χ1) is 14.1. The van der Waals surface area contributed by atoms with Crippen LogP contribution in [-0.4, -0.2) is 93.5 Å². The number of hydrogen-bond acceptors (Lipinski definition) is 9. The van der Waals surface area contributed by atoms with Crippen LogP contribution < -0.4 is 21.7 Å². The maximum atomic E-state index is 12.4. The lowest BCUT2D eigenvalue weighted by atomic mass is 10.1. The van der Waals surface area contributed by atoms with Crippen molar-refractivity contribution in [3.8, 4) is 0 Å². The van der Waals surface area contributed by atoms with Crippen LogP contribution in [0.15, 0.2) is 0 Å². The van der Waals surface area contributed by atoms with Gasteiger partial charge < -0.3 is 37.0 Å². The van der Waals surface area contributed by atoms with Gasteiger partial charge >= 0.3 is 11.9 Å². The molecule has 0 aromatic carbocycles. The number of aliphatic hydroxyl groups excluding tert-OH is 1. The zero-order chi connectivity index (χ0) is 23.3. The van der Waals surface area contributed by atoms with Crippen LogP contribution in [0.3, 0.4) is 0 Å². The number of aliphatic hydroxyl groups is 1. The molecule has 12 nitrogen and oxygen atoms in total. The molecule has 0 aliphatic carbocycles. The van der Waals surface area contributed by atoms with Crippen molar-refractivity contribution in [3.05, 3.63) is 0 Å². The van der Waals surface area contributed by atoms with E-state index in [-0.39, 0.29) is 12.2 Å². The van der Waals surface area contributed by atoms with Crippen LogP contribution in [0.1, 0.15) is 19.3 Å². The van der Waals surface area contributed by atoms with Crippen LogP contribution in [0, 0.1) is 0 Å². The molecule has 14 heteroatoms. The Balaban J connectivity index is 4.94. The van der Waals surface area contributed by atoms with Crippen molar-refractivity contribution in [2.75, 3.05) is 24.4 Å². The van der Waals surface area contributed by atoms with Crippen molar-refractivity contribution in [2.45, 2.75) is 43.4 Å². The smallest absolute Gasteiger partial charge is 0.326 e. The molecule has 0 aromatic rings. The molecule has 0 aliphatic rings. The Morgan fingerprint density at radius 1 is 0.933 bits per heavy atom. The molecule has 8 N–H and O–H groups in total. The molecule has 0 rings (SSSR count). The molecule has 0 saturated heterocycles. The van der Waals surface area contributed by atoms with E-state index in [1.165, 1.54) is 11.8 Å². The van der Waals surface area contributed by atoms with E-state index in [1.54, 1.807) is 0 Å². The molecular formula is C16H28N4O8S2. The number of carboxylic acid groups (broad SMARTS) is 2. The maximum Gasteiger partial charge on any atom is 0.326 e. The van der Waals surface area contributed by atoms with Gasteiger partial charge in [-0.1, -0.05) is 0 Å². The van der Waals surface area contributed by atoms with Gasteiger partial charge in [0.15, 0.2) is 0 Å². The van der Waals surface area contributed by atoms with Gasteiger partial charge in [0, 0.05) is 12.2 Å². The van der Waals surface area contributed by atoms with Crippen LogP contribution in [-0.2, 0) is 24.0 Å². The van der Waals surface area contributed by atoms with E-state index in [1.807, 2.05) is 6.26 Å². The number of thiol groups is 1. The van der Waals surface area contributed by atoms with Crippen molar-refractivity contribution in [1.29, 1.82) is 0 Å². The average Bonchev–Trinajstić information content (AvgIpc) is 2.70. The summed E-state index contributed by atoms with van der Waals surface area (Å²) in [6.07, 6.45) is 1.36. The summed E-state index contributed by atoms with van der Waals surface area (Å²) in [6, 6.07) is -5.02. The van der Waals surface area contributed by atoms with Crippen molar-refractivity contribution < 1.29 is 39.3 Å². The number of hydrogen-bond donors (Lipinski definition) is 8. The Bertz CT molecular complexity index is 622. The van der Waals surface area contributed by atoms with Gasteiger partial charge in [-0.05, 0) is 24.9 Å². The van der Waals surface area contributed by atoms with Crippen molar-refractivity contribution >= 4 is 54.1 Å². The molecule has 0 heterocycles. The number of thioether (sulfide) groups is 1. The van der Waals surface area contributed by atoms with Crippen LogP contribution in [0.5, 0.6) is 0 Å². The van der Waals surface area contributed by atoms with Crippen LogP contribution in [0.4, 0.5) is 0 Å². The Labute approximate surface area is 183 Å². The van der Waals surface area contributed by atoms with Gasteiger partial charge in [0.25, 0.3) is 0 Å². The van der Waals surface area contributed by atoms with Gasteiger partial charge in [-0.2, -0.15) is 24.4 Å². The van der Waals surface area contributed by atoms with E-state index in [0.29, 0.717) is 12.2 Å². The van der Waals surface area contributed by atoms with Crippen molar-refractivity contribution in [1.82, 2.24) is 16.0 Å². The molecule has 30 heavy (non-hydrogen) atoms. The molecule has 0 aromatic heterocycles. The topological polar surface area (TPSA) is 208 Å². The molecule has 172 valence electrons. The number of amides is 3. The molecule has 4 atom stereocenters. The lowest BCUT2D eigenvalue weighted by Gasteiger charge is -2.23. The molecule has 3 amide bonds. The maximum absolute atomic E-state index is 12.4. The number of rotatable bonds is 15. The third-order valence-corrected chi connectivity index (χ3v) is 4.87. The van der Waals surface area contributed by atoms with Gasteiger partial charge in [0.05, 0.1) is 12.6 Å². The Kier molecular flexibility index (Phi) is 13.9. The second-order valence-corrected chi connectivity index (χ2v) is 7.56. The monoisotopic (exact) mass is 468 g/mol. The van der Waals surface area contributed by atoms with E-state index in [9.17, 15) is 29.1 Å². The third kappa shape index (κ3) is 10.7. The summed E-state index contributed by atoms with van der Waals surface area (Å²) in [5.41, 5.74) is 5.73. The van der Waals surface area contributed by atoms with E-state index in [2.05, 4.69) is 28.6 Å². The predicted molar refractivity (Wildman–Crippen MR) is 112 cm³/mol. The Morgan fingerprint density at radius 3 is 1.93 bits per heavy atom. The lowest BCUT2D eigenvalue weighted by Crippen LogP contribution is -2.58. The van der Waals surface area contributed by atoms with Crippen molar-refractivity contribution in [3.63, 3.8) is 0 Å². The number of nitrogens with one attached hydrogen (secondary N) is 3. The van der Waals surface area contributed by atoms with E-state index in [4.69, 9.17) is 15.9 Å². The van der Waals surface area contributed by atoms with Gasteiger partial charge in [-0.15, -0.1) is 0 Å². The standard InChI is InChI=1S/C16H28N4O8S2/c1-30-5-4-8(17)13(24)20-11(7-29)15(26)19-10(6-21)14(25)18-9(16(27)28)2-3-12(22)23/h8-11,21,29H,2-7,17H2,1H3,(H,18,25)(H,19,26)(H,20,24)(H,22,23)(H,27,28). The van der Waals surface area contributed by atoms with E-state index >= 15 is 0 Å². The summed E-state index contributed by atoms with van der Waals surface area (Å²) in [7, 11) is 0. The van der Waals surface area contributed by atoms with Crippen molar-refractivity contribution in [2.24, 2.45) is 5.73 Å². The fourth-order valence-electron chi connectivity index (χ4n) is 2.11. The van der Waals surface area contributed by atoms with Gasteiger partial charge in [-0.3, -0.25) is 19.2 Å². The highest BCUT2D eigenvalue weighted by atomic mass is 32.2. The second kappa shape index (κ2) is 14.9. The first kappa shape index (κ1) is 28.0. The summed E-state index contributed by atoms with van der Waals surface area (Å²) < 4.78 is 0. The summed E-state index contributed by atoms with van der Waals surface area (Å²) in [6.45, 7) is -0.858. The first-order valence-electron chi connectivity index (χ1n) is 8.89. The fraction of sp³-hybridized carbons (Fsp3) is 0.688. The molecule has 0 fully saturated rings. The lowest BCUT2D eigenvalue weighted by molar-refractivity contribution is -0.143. The number of carbonyl (C=O) groups is 5. The molecular weight excluding hydrogens is 440 g/mol. The van der Waals surface area contributed by atoms with Crippen LogP contribution in [0.2, 0.25) is 0 Å². The predicted octanol–water partition coefficient (Wildman–Crippen LogP) is -2.61.